The molecule has 9 heavy (non-hydrogen) atoms. The van der Waals surface area contributed by atoms with Crippen molar-refractivity contribution < 1.29 is 5.11 Å². The van der Waals surface area contributed by atoms with Gasteiger partial charge in [-0.2, -0.15) is 0 Å². The van der Waals surface area contributed by atoms with E-state index in [1.54, 1.807) is 6.92 Å². The molecule has 1 saturated heterocycles. The average molecular weight is 127 g/mol. The molecule has 0 unspecified atom stereocenters. The van der Waals surface area contributed by atoms with E-state index in [4.69, 9.17) is 5.11 Å². The zero-order valence-corrected chi connectivity index (χ0v) is 5.78. The average Bonchev–Trinajstić information content (AvgIpc) is 1.90. The van der Waals surface area contributed by atoms with Gasteiger partial charge in [0, 0.05) is 0 Å². The van der Waals surface area contributed by atoms with Gasteiger partial charge < -0.3 is 10.4 Å². The lowest BCUT2D eigenvalue weighted by Crippen LogP contribution is -2.23. The first-order chi connectivity index (χ1) is 4.30. The summed E-state index contributed by atoms with van der Waals surface area (Å²) in [7, 11) is 0. The summed E-state index contributed by atoms with van der Waals surface area (Å²) in [5.74, 6) is 0.525. The smallest absolute Gasteiger partial charge is 0.0884 e. The number of allylic oxidation sites excluding steroid dienone is 1. The highest BCUT2D eigenvalue weighted by atomic mass is 16.3. The quantitative estimate of drug-likeness (QED) is 0.479. The van der Waals surface area contributed by atoms with Gasteiger partial charge in [-0.05, 0) is 38.4 Å². The van der Waals surface area contributed by atoms with Crippen LogP contribution in [0.2, 0.25) is 0 Å². The second-order valence-corrected chi connectivity index (χ2v) is 2.44. The van der Waals surface area contributed by atoms with Crippen molar-refractivity contribution in [2.45, 2.75) is 19.8 Å². The normalized spacial score (nSPS) is 19.9. The summed E-state index contributed by atoms with van der Waals surface area (Å²) < 4.78 is 0. The maximum absolute atomic E-state index is 9.03. The Morgan fingerprint density at radius 3 is 2.33 bits per heavy atom. The highest BCUT2D eigenvalue weighted by molar-refractivity contribution is 5.08. The third-order valence-corrected chi connectivity index (χ3v) is 1.72. The van der Waals surface area contributed by atoms with Gasteiger partial charge in [0.1, 0.15) is 0 Å². The molecule has 0 spiro atoms. The summed E-state index contributed by atoms with van der Waals surface area (Å²) in [6, 6.07) is 0. The monoisotopic (exact) mass is 127 g/mol. The molecule has 0 radical (unpaired) electrons. The molecule has 1 heterocycles. The minimum atomic E-state index is 0.525. The van der Waals surface area contributed by atoms with E-state index in [0.717, 1.165) is 25.9 Å². The molecular formula is C7H13NO. The van der Waals surface area contributed by atoms with Crippen LogP contribution in [0, 0.1) is 0 Å². The van der Waals surface area contributed by atoms with Crippen LogP contribution in [-0.4, -0.2) is 18.2 Å². The van der Waals surface area contributed by atoms with Gasteiger partial charge in [-0.15, -0.1) is 0 Å². The molecule has 2 heteroatoms. The van der Waals surface area contributed by atoms with Crippen molar-refractivity contribution in [3.8, 4) is 0 Å². The fourth-order valence-corrected chi connectivity index (χ4v) is 1.09. The van der Waals surface area contributed by atoms with E-state index in [1.165, 1.54) is 5.57 Å². The van der Waals surface area contributed by atoms with Crippen LogP contribution in [0.3, 0.4) is 0 Å². The predicted molar refractivity (Wildman–Crippen MR) is 37.4 cm³/mol. The first-order valence-corrected chi connectivity index (χ1v) is 3.39. The maximum Gasteiger partial charge on any atom is 0.0884 e. The van der Waals surface area contributed by atoms with E-state index in [9.17, 15) is 0 Å². The number of aliphatic hydroxyl groups excluding tert-OH is 1. The molecule has 2 N–H and O–H groups in total. The summed E-state index contributed by atoms with van der Waals surface area (Å²) in [5.41, 5.74) is 1.22. The van der Waals surface area contributed by atoms with Gasteiger partial charge >= 0.3 is 0 Å². The second-order valence-electron chi connectivity index (χ2n) is 2.44. The van der Waals surface area contributed by atoms with Gasteiger partial charge in [0.2, 0.25) is 0 Å². The summed E-state index contributed by atoms with van der Waals surface area (Å²) in [6.07, 6.45) is 2.03. The Hall–Kier alpha value is -0.500. The molecule has 1 aliphatic heterocycles. The number of rotatable bonds is 0. The Labute approximate surface area is 55.6 Å². The summed E-state index contributed by atoms with van der Waals surface area (Å²) >= 11 is 0. The van der Waals surface area contributed by atoms with Crippen molar-refractivity contribution in [2.24, 2.45) is 0 Å². The minimum absolute atomic E-state index is 0.525. The molecule has 1 fully saturated rings. The Kier molecular flexibility index (Phi) is 2.11. The molecule has 0 saturated carbocycles. The van der Waals surface area contributed by atoms with Gasteiger partial charge in [0.15, 0.2) is 0 Å². The van der Waals surface area contributed by atoms with Gasteiger partial charge in [0.25, 0.3) is 0 Å². The SMILES string of the molecule is CC(O)=C1CCNCC1. The van der Waals surface area contributed by atoms with Crippen LogP contribution in [0.25, 0.3) is 0 Å². The van der Waals surface area contributed by atoms with Crippen molar-refractivity contribution in [2.75, 3.05) is 13.1 Å². The molecule has 52 valence electrons. The predicted octanol–water partition coefficient (Wildman–Crippen LogP) is 1.20. The Morgan fingerprint density at radius 1 is 1.44 bits per heavy atom. The van der Waals surface area contributed by atoms with Crippen molar-refractivity contribution in [1.82, 2.24) is 5.32 Å². The number of hydrogen-bond donors (Lipinski definition) is 2. The first-order valence-electron chi connectivity index (χ1n) is 3.39. The van der Waals surface area contributed by atoms with E-state index in [0.29, 0.717) is 5.76 Å². The fraction of sp³-hybridized carbons (Fsp3) is 0.714. The minimum Gasteiger partial charge on any atom is -0.513 e. The van der Waals surface area contributed by atoms with Crippen molar-refractivity contribution in [1.29, 1.82) is 0 Å². The molecule has 0 bridgehead atoms. The molecule has 0 aromatic carbocycles. The lowest BCUT2D eigenvalue weighted by molar-refractivity contribution is 0.395. The largest absolute Gasteiger partial charge is 0.513 e. The van der Waals surface area contributed by atoms with Gasteiger partial charge in [-0.3, -0.25) is 0 Å². The second kappa shape index (κ2) is 2.87. The standard InChI is InChI=1S/C7H13NO/c1-6(9)7-2-4-8-5-3-7/h8-9H,2-5H2,1H3. The molecule has 0 aliphatic carbocycles. The van der Waals surface area contributed by atoms with Crippen LogP contribution < -0.4 is 5.32 Å². The van der Waals surface area contributed by atoms with E-state index >= 15 is 0 Å². The molecular weight excluding hydrogens is 114 g/mol. The summed E-state index contributed by atoms with van der Waals surface area (Å²) in [6.45, 7) is 3.81. The zero-order chi connectivity index (χ0) is 6.69. The lowest BCUT2D eigenvalue weighted by Gasteiger charge is -2.15. The van der Waals surface area contributed by atoms with Crippen molar-refractivity contribution >= 4 is 0 Å². The van der Waals surface area contributed by atoms with E-state index in [1.807, 2.05) is 0 Å². The molecule has 0 atom stereocenters. The highest BCUT2D eigenvalue weighted by Crippen LogP contribution is 2.12. The van der Waals surface area contributed by atoms with Gasteiger partial charge in [-0.1, -0.05) is 0 Å². The number of aliphatic hydroxyl groups is 1. The van der Waals surface area contributed by atoms with Gasteiger partial charge in [-0.25, -0.2) is 0 Å². The van der Waals surface area contributed by atoms with Crippen molar-refractivity contribution in [3.05, 3.63) is 11.3 Å². The highest BCUT2D eigenvalue weighted by Gasteiger charge is 2.05. The first kappa shape index (κ1) is 6.62. The number of nitrogens with one attached hydrogen (secondary N) is 1. The van der Waals surface area contributed by atoms with Gasteiger partial charge in [0.05, 0.1) is 5.76 Å². The van der Waals surface area contributed by atoms with E-state index in [2.05, 4.69) is 5.32 Å². The molecule has 1 aliphatic rings. The third kappa shape index (κ3) is 1.72. The number of hydrogen-bond acceptors (Lipinski definition) is 2. The summed E-state index contributed by atoms with van der Waals surface area (Å²) in [5, 5.41) is 12.3. The topological polar surface area (TPSA) is 32.3 Å². The molecule has 0 aromatic rings. The number of piperidine rings is 1. The maximum atomic E-state index is 9.03. The molecule has 0 amide bonds. The van der Waals surface area contributed by atoms with Crippen LogP contribution in [0.4, 0.5) is 0 Å². The molecule has 1 rings (SSSR count). The van der Waals surface area contributed by atoms with Crippen LogP contribution in [-0.2, 0) is 0 Å². The van der Waals surface area contributed by atoms with Crippen LogP contribution in [0.15, 0.2) is 11.3 Å². The van der Waals surface area contributed by atoms with Crippen molar-refractivity contribution in [3.63, 3.8) is 0 Å². The van der Waals surface area contributed by atoms with Crippen LogP contribution in [0.1, 0.15) is 19.8 Å². The third-order valence-electron chi connectivity index (χ3n) is 1.72. The van der Waals surface area contributed by atoms with E-state index < -0.39 is 0 Å². The lowest BCUT2D eigenvalue weighted by atomic mass is 10.1. The Morgan fingerprint density at radius 2 is 2.00 bits per heavy atom. The van der Waals surface area contributed by atoms with Crippen LogP contribution >= 0.6 is 0 Å². The Balaban J connectivity index is 2.49. The molecule has 0 aromatic heterocycles. The zero-order valence-electron chi connectivity index (χ0n) is 5.78. The summed E-state index contributed by atoms with van der Waals surface area (Å²) in [4.78, 5) is 0. The molecule has 2 nitrogen and oxygen atoms in total. The van der Waals surface area contributed by atoms with E-state index in [-0.39, 0.29) is 0 Å². The Bertz CT molecular complexity index is 117. The van der Waals surface area contributed by atoms with Crippen LogP contribution in [0.5, 0.6) is 0 Å². The fourth-order valence-electron chi connectivity index (χ4n) is 1.09.